The molecular formula is C21H18FN7O2. The van der Waals surface area contributed by atoms with Gasteiger partial charge < -0.3 is 15.4 Å². The van der Waals surface area contributed by atoms with Gasteiger partial charge in [0, 0.05) is 24.1 Å². The maximum absolute atomic E-state index is 14.4. The van der Waals surface area contributed by atoms with Gasteiger partial charge in [0.2, 0.25) is 17.7 Å². The predicted octanol–water partition coefficient (Wildman–Crippen LogP) is 4.06. The molecule has 2 N–H and O–H groups in total. The molecule has 1 aromatic carbocycles. The van der Waals surface area contributed by atoms with Crippen molar-refractivity contribution in [1.29, 1.82) is 0 Å². The number of ether oxygens (including phenoxy) is 1. The first kappa shape index (κ1) is 18.8. The summed E-state index contributed by atoms with van der Waals surface area (Å²) in [6.45, 7) is 3.40. The van der Waals surface area contributed by atoms with Crippen LogP contribution in [0.4, 0.5) is 21.7 Å². The molecule has 0 radical (unpaired) electrons. The lowest BCUT2D eigenvalue weighted by Crippen LogP contribution is -2.08. The Bertz CT molecular complexity index is 1290. The summed E-state index contributed by atoms with van der Waals surface area (Å²) in [7, 11) is 0. The Morgan fingerprint density at radius 3 is 2.97 bits per heavy atom. The lowest BCUT2D eigenvalue weighted by atomic mass is 10.3. The van der Waals surface area contributed by atoms with Gasteiger partial charge in [-0.25, -0.2) is 8.91 Å². The highest BCUT2D eigenvalue weighted by molar-refractivity contribution is 5.98. The van der Waals surface area contributed by atoms with Crippen molar-refractivity contribution >= 4 is 28.7 Å². The van der Waals surface area contributed by atoms with Gasteiger partial charge in [0.15, 0.2) is 11.6 Å². The van der Waals surface area contributed by atoms with Gasteiger partial charge in [0.25, 0.3) is 0 Å². The summed E-state index contributed by atoms with van der Waals surface area (Å²) >= 11 is 0. The average molecular weight is 419 g/mol. The van der Waals surface area contributed by atoms with Crippen molar-refractivity contribution in [3.63, 3.8) is 0 Å². The summed E-state index contributed by atoms with van der Waals surface area (Å²) in [5.41, 5.74) is 1.66. The van der Waals surface area contributed by atoms with E-state index in [1.807, 2.05) is 10.9 Å². The maximum atomic E-state index is 14.4. The second-order valence-electron chi connectivity index (χ2n) is 7.08. The topological polar surface area (TPSA) is 98.4 Å². The van der Waals surface area contributed by atoms with Crippen LogP contribution in [-0.4, -0.2) is 30.3 Å². The van der Waals surface area contributed by atoms with Crippen LogP contribution < -0.4 is 15.4 Å². The molecule has 4 aromatic rings. The first-order valence-electron chi connectivity index (χ1n) is 9.66. The number of nitrogens with one attached hydrogen (secondary N) is 2. The number of carbonyl (C=O) groups excluding carboxylic acids is 1. The molecule has 1 fully saturated rings. The van der Waals surface area contributed by atoms with E-state index in [-0.39, 0.29) is 17.6 Å². The Hall–Kier alpha value is -4.21. The molecule has 0 saturated heterocycles. The van der Waals surface area contributed by atoms with Crippen LogP contribution in [0, 0.1) is 5.82 Å². The quantitative estimate of drug-likeness (QED) is 0.439. The Balaban J connectivity index is 1.45. The fraction of sp³-hybridized carbons (Fsp3) is 0.143. The zero-order chi connectivity index (χ0) is 21.4. The third kappa shape index (κ3) is 3.95. The Labute approximate surface area is 176 Å². The molecule has 0 aliphatic heterocycles. The molecule has 31 heavy (non-hydrogen) atoms. The van der Waals surface area contributed by atoms with Crippen LogP contribution in [0.3, 0.4) is 0 Å². The molecule has 1 aliphatic carbocycles. The molecule has 0 bridgehead atoms. The van der Waals surface area contributed by atoms with E-state index in [0.29, 0.717) is 17.2 Å². The number of fused-ring (bicyclic) bond motifs is 1. The van der Waals surface area contributed by atoms with Gasteiger partial charge in [-0.05, 0) is 43.2 Å². The van der Waals surface area contributed by atoms with Crippen LogP contribution in [-0.2, 0) is 4.79 Å². The van der Waals surface area contributed by atoms with E-state index >= 15 is 0 Å². The highest BCUT2D eigenvalue weighted by atomic mass is 19.1. The minimum absolute atomic E-state index is 0.0869. The SMILES string of the molecule is C=CC(=O)Nc1ccc(F)c(Oc2nc(Nc3cnn(C4CC4)c3)nn3cccc23)c1. The monoisotopic (exact) mass is 419 g/mol. The van der Waals surface area contributed by atoms with E-state index in [4.69, 9.17) is 4.74 Å². The Kier molecular flexibility index (Phi) is 4.58. The fourth-order valence-corrected chi connectivity index (χ4v) is 3.06. The third-order valence-electron chi connectivity index (χ3n) is 4.73. The summed E-state index contributed by atoms with van der Waals surface area (Å²) in [5.74, 6) is -0.670. The van der Waals surface area contributed by atoms with Gasteiger partial charge in [-0.2, -0.15) is 10.1 Å². The molecule has 3 heterocycles. The molecule has 156 valence electrons. The summed E-state index contributed by atoms with van der Waals surface area (Å²) in [4.78, 5) is 15.9. The lowest BCUT2D eigenvalue weighted by Gasteiger charge is -2.11. The normalized spacial score (nSPS) is 13.2. The molecule has 1 saturated carbocycles. The van der Waals surface area contributed by atoms with E-state index in [1.165, 1.54) is 18.2 Å². The van der Waals surface area contributed by atoms with Crippen LogP contribution in [0.25, 0.3) is 5.52 Å². The Morgan fingerprint density at radius 2 is 2.16 bits per heavy atom. The highest BCUT2D eigenvalue weighted by Gasteiger charge is 2.24. The van der Waals surface area contributed by atoms with Gasteiger partial charge in [-0.1, -0.05) is 6.58 Å². The number of halogens is 1. The zero-order valence-electron chi connectivity index (χ0n) is 16.3. The largest absolute Gasteiger partial charge is 0.434 e. The highest BCUT2D eigenvalue weighted by Crippen LogP contribution is 2.35. The molecule has 9 nitrogen and oxygen atoms in total. The van der Waals surface area contributed by atoms with Gasteiger partial charge in [0.05, 0.1) is 17.9 Å². The molecular weight excluding hydrogens is 401 g/mol. The number of nitrogens with zero attached hydrogens (tertiary/aromatic N) is 5. The molecule has 0 unspecified atom stereocenters. The lowest BCUT2D eigenvalue weighted by molar-refractivity contribution is -0.111. The minimum Gasteiger partial charge on any atom is -0.434 e. The van der Waals surface area contributed by atoms with Crippen LogP contribution in [0.2, 0.25) is 0 Å². The molecule has 0 spiro atoms. The van der Waals surface area contributed by atoms with Crippen molar-refractivity contribution in [2.24, 2.45) is 0 Å². The number of rotatable bonds is 7. The summed E-state index contributed by atoms with van der Waals surface area (Å²) < 4.78 is 23.7. The third-order valence-corrected chi connectivity index (χ3v) is 4.73. The fourth-order valence-electron chi connectivity index (χ4n) is 3.06. The second-order valence-corrected chi connectivity index (χ2v) is 7.08. The van der Waals surface area contributed by atoms with E-state index in [2.05, 4.69) is 32.4 Å². The number of anilines is 3. The van der Waals surface area contributed by atoms with Gasteiger partial charge in [-0.15, -0.1) is 5.10 Å². The summed E-state index contributed by atoms with van der Waals surface area (Å²) in [6.07, 6.45) is 8.72. The summed E-state index contributed by atoms with van der Waals surface area (Å²) in [5, 5.41) is 14.4. The first-order chi connectivity index (χ1) is 15.1. The molecule has 1 aliphatic rings. The van der Waals surface area contributed by atoms with Crippen molar-refractivity contribution in [3.8, 4) is 11.6 Å². The van der Waals surface area contributed by atoms with Crippen molar-refractivity contribution in [3.05, 3.63) is 67.4 Å². The van der Waals surface area contributed by atoms with Crippen molar-refractivity contribution in [1.82, 2.24) is 24.4 Å². The number of hydrogen-bond acceptors (Lipinski definition) is 6. The molecule has 3 aromatic heterocycles. The predicted molar refractivity (Wildman–Crippen MR) is 112 cm³/mol. The van der Waals surface area contributed by atoms with Crippen LogP contribution >= 0.6 is 0 Å². The Morgan fingerprint density at radius 1 is 1.29 bits per heavy atom. The first-order valence-corrected chi connectivity index (χ1v) is 9.66. The van der Waals surface area contributed by atoms with Crippen molar-refractivity contribution < 1.29 is 13.9 Å². The average Bonchev–Trinajstić information content (AvgIpc) is 3.31. The number of carbonyl (C=O) groups is 1. The van der Waals surface area contributed by atoms with Crippen LogP contribution in [0.15, 0.2) is 61.6 Å². The number of aromatic nitrogens is 5. The maximum Gasteiger partial charge on any atom is 0.248 e. The van der Waals surface area contributed by atoms with Crippen molar-refractivity contribution in [2.45, 2.75) is 18.9 Å². The zero-order valence-corrected chi connectivity index (χ0v) is 16.3. The minimum atomic E-state index is -0.597. The van der Waals surface area contributed by atoms with Crippen molar-refractivity contribution in [2.75, 3.05) is 10.6 Å². The van der Waals surface area contributed by atoms with E-state index in [1.54, 1.807) is 29.0 Å². The molecule has 10 heteroatoms. The van der Waals surface area contributed by atoms with Crippen LogP contribution in [0.1, 0.15) is 18.9 Å². The smallest absolute Gasteiger partial charge is 0.248 e. The number of amides is 1. The van der Waals surface area contributed by atoms with Gasteiger partial charge in [0.1, 0.15) is 5.52 Å². The molecule has 1 amide bonds. The summed E-state index contributed by atoms with van der Waals surface area (Å²) in [6, 6.07) is 8.01. The number of benzene rings is 1. The standard InChI is InChI=1S/C21H18FN7O2/c1-2-19(30)24-13-5-8-16(22)18(10-13)31-20-17-4-3-9-28(17)27-21(26-20)25-14-11-23-29(12-14)15-6-7-15/h2-5,8-12,15H,1,6-7H2,(H,24,30)(H,25,27). The van der Waals surface area contributed by atoms with E-state index < -0.39 is 11.7 Å². The van der Waals surface area contributed by atoms with Gasteiger partial charge >= 0.3 is 0 Å². The second kappa shape index (κ2) is 7.56. The van der Waals surface area contributed by atoms with E-state index in [9.17, 15) is 9.18 Å². The van der Waals surface area contributed by atoms with Gasteiger partial charge in [-0.3, -0.25) is 9.48 Å². The molecule has 0 atom stereocenters. The number of hydrogen-bond donors (Lipinski definition) is 2. The van der Waals surface area contributed by atoms with E-state index in [0.717, 1.165) is 24.6 Å². The molecule has 5 rings (SSSR count). The van der Waals surface area contributed by atoms with Crippen LogP contribution in [0.5, 0.6) is 11.6 Å².